The van der Waals surface area contributed by atoms with Crippen molar-refractivity contribution in [1.82, 2.24) is 10.2 Å². The van der Waals surface area contributed by atoms with Crippen molar-refractivity contribution in [2.45, 2.75) is 19.9 Å². The summed E-state index contributed by atoms with van der Waals surface area (Å²) in [4.78, 5) is 6.48. The Kier molecular flexibility index (Phi) is 10.8. The van der Waals surface area contributed by atoms with Gasteiger partial charge in [-0.3, -0.25) is 4.99 Å². The van der Waals surface area contributed by atoms with E-state index in [1.165, 1.54) is 6.26 Å². The molecule has 0 bridgehead atoms. The number of benzene rings is 1. The first-order valence-corrected chi connectivity index (χ1v) is 9.67. The highest BCUT2D eigenvalue weighted by atomic mass is 127. The first kappa shape index (κ1) is 22.5. The van der Waals surface area contributed by atoms with Crippen molar-refractivity contribution in [3.05, 3.63) is 34.9 Å². The quantitative estimate of drug-likeness (QED) is 0.286. The molecule has 0 aliphatic rings. The first-order chi connectivity index (χ1) is 10.3. The molecule has 0 aliphatic carbocycles. The maximum Gasteiger partial charge on any atom is 0.193 e. The Labute approximate surface area is 161 Å². The number of aliphatic imine (C=N–C) groups is 1. The van der Waals surface area contributed by atoms with Crippen LogP contribution in [0.5, 0.6) is 0 Å². The van der Waals surface area contributed by atoms with Gasteiger partial charge in [-0.15, -0.1) is 24.0 Å². The lowest BCUT2D eigenvalue weighted by molar-refractivity contribution is 0.477. The molecule has 0 spiro atoms. The molecule has 132 valence electrons. The van der Waals surface area contributed by atoms with E-state index in [1.54, 1.807) is 0 Å². The topological polar surface area (TPSA) is 61.8 Å². The molecule has 0 fully saturated rings. The number of halogens is 2. The van der Waals surface area contributed by atoms with Gasteiger partial charge in [-0.25, -0.2) is 8.42 Å². The minimum atomic E-state index is -2.92. The van der Waals surface area contributed by atoms with Crippen molar-refractivity contribution >= 4 is 51.4 Å². The lowest BCUT2D eigenvalue weighted by atomic mass is 10.2. The lowest BCUT2D eigenvalue weighted by Gasteiger charge is -2.22. The Balaban J connectivity index is 0.00000484. The Morgan fingerprint density at radius 2 is 1.91 bits per heavy atom. The second-order valence-electron chi connectivity index (χ2n) is 5.20. The van der Waals surface area contributed by atoms with Crippen LogP contribution in [0.4, 0.5) is 0 Å². The monoisotopic (exact) mass is 473 g/mol. The van der Waals surface area contributed by atoms with Gasteiger partial charge >= 0.3 is 0 Å². The Bertz CT molecular complexity index is 591. The molecule has 1 aromatic rings. The molecule has 23 heavy (non-hydrogen) atoms. The van der Waals surface area contributed by atoms with Gasteiger partial charge in [0, 0.05) is 38.0 Å². The molecule has 0 atom stereocenters. The van der Waals surface area contributed by atoms with Crippen molar-refractivity contribution in [1.29, 1.82) is 0 Å². The van der Waals surface area contributed by atoms with Crippen LogP contribution in [-0.2, 0) is 16.4 Å². The van der Waals surface area contributed by atoms with Gasteiger partial charge in [0.2, 0.25) is 0 Å². The fourth-order valence-corrected chi connectivity index (χ4v) is 2.70. The minimum Gasteiger partial charge on any atom is -0.357 e. The summed E-state index contributed by atoms with van der Waals surface area (Å²) in [5.41, 5.74) is 1.13. The van der Waals surface area contributed by atoms with E-state index in [1.807, 2.05) is 43.1 Å². The molecule has 8 heteroatoms. The van der Waals surface area contributed by atoms with Crippen LogP contribution in [0, 0.1) is 0 Å². The van der Waals surface area contributed by atoms with Crippen molar-refractivity contribution in [2.24, 2.45) is 4.99 Å². The predicted molar refractivity (Wildman–Crippen MR) is 109 cm³/mol. The van der Waals surface area contributed by atoms with Crippen LogP contribution in [0.2, 0.25) is 5.02 Å². The number of nitrogens with one attached hydrogen (secondary N) is 1. The van der Waals surface area contributed by atoms with E-state index in [2.05, 4.69) is 10.3 Å². The Morgan fingerprint density at radius 3 is 2.43 bits per heavy atom. The standard InChI is InChI=1S/C15H24ClN3O2S.HI/c1-4-17-15(18-10-5-11-22(3,20)21)19(2)12-13-6-8-14(16)9-7-13;/h6-9H,4-5,10-12H2,1-3H3,(H,17,18);1H. The van der Waals surface area contributed by atoms with Crippen LogP contribution in [0.15, 0.2) is 29.3 Å². The number of hydrogen-bond donors (Lipinski definition) is 1. The molecule has 0 amide bonds. The Hall–Kier alpha value is -0.540. The summed E-state index contributed by atoms with van der Waals surface area (Å²) in [5.74, 6) is 0.933. The SMILES string of the molecule is CCNC(=NCCCS(C)(=O)=O)N(C)Cc1ccc(Cl)cc1.I. The average molecular weight is 474 g/mol. The number of rotatable bonds is 7. The highest BCUT2D eigenvalue weighted by molar-refractivity contribution is 14.0. The minimum absolute atomic E-state index is 0. The molecule has 1 aromatic carbocycles. The third-order valence-electron chi connectivity index (χ3n) is 2.96. The van der Waals surface area contributed by atoms with Gasteiger partial charge in [0.25, 0.3) is 0 Å². The maximum atomic E-state index is 11.1. The second kappa shape index (κ2) is 11.1. The van der Waals surface area contributed by atoms with E-state index in [0.29, 0.717) is 24.5 Å². The van der Waals surface area contributed by atoms with Gasteiger partial charge in [0.15, 0.2) is 5.96 Å². The molecular weight excluding hydrogens is 449 g/mol. The fourth-order valence-electron chi connectivity index (χ4n) is 1.92. The molecule has 5 nitrogen and oxygen atoms in total. The van der Waals surface area contributed by atoms with Crippen LogP contribution in [0.3, 0.4) is 0 Å². The summed E-state index contributed by atoms with van der Waals surface area (Å²) < 4.78 is 22.2. The van der Waals surface area contributed by atoms with Crippen LogP contribution >= 0.6 is 35.6 Å². The summed E-state index contributed by atoms with van der Waals surface area (Å²) in [5, 5.41) is 3.93. The van der Waals surface area contributed by atoms with Crippen LogP contribution in [0.1, 0.15) is 18.9 Å². The summed E-state index contributed by atoms with van der Waals surface area (Å²) in [7, 11) is -0.972. The zero-order chi connectivity index (χ0) is 16.6. The van der Waals surface area contributed by atoms with Gasteiger partial charge in [-0.05, 0) is 31.0 Å². The lowest BCUT2D eigenvalue weighted by Crippen LogP contribution is -2.38. The largest absolute Gasteiger partial charge is 0.357 e. The van der Waals surface area contributed by atoms with Crippen molar-refractivity contribution in [3.8, 4) is 0 Å². The molecule has 0 heterocycles. The summed E-state index contributed by atoms with van der Waals surface area (Å²) >= 11 is 5.88. The molecule has 1 N–H and O–H groups in total. The Morgan fingerprint density at radius 1 is 1.30 bits per heavy atom. The highest BCUT2D eigenvalue weighted by Crippen LogP contribution is 2.11. The molecule has 0 radical (unpaired) electrons. The summed E-state index contributed by atoms with van der Waals surface area (Å²) in [6.07, 6.45) is 1.77. The first-order valence-electron chi connectivity index (χ1n) is 7.23. The van der Waals surface area contributed by atoms with E-state index >= 15 is 0 Å². The van der Waals surface area contributed by atoms with Gasteiger partial charge in [-0.2, -0.15) is 0 Å². The van der Waals surface area contributed by atoms with Gasteiger partial charge in [0.05, 0.1) is 5.75 Å². The highest BCUT2D eigenvalue weighted by Gasteiger charge is 2.07. The van der Waals surface area contributed by atoms with Gasteiger partial charge < -0.3 is 10.2 Å². The molecule has 1 rings (SSSR count). The van der Waals surface area contributed by atoms with E-state index in [-0.39, 0.29) is 29.7 Å². The molecule has 0 unspecified atom stereocenters. The number of sulfone groups is 1. The number of nitrogens with zero attached hydrogens (tertiary/aromatic N) is 2. The molecule has 0 saturated heterocycles. The fraction of sp³-hybridized carbons (Fsp3) is 0.533. The smallest absolute Gasteiger partial charge is 0.193 e. The normalized spacial score (nSPS) is 11.7. The maximum absolute atomic E-state index is 11.1. The van der Waals surface area contributed by atoms with Crippen LogP contribution in [-0.4, -0.2) is 51.4 Å². The summed E-state index contributed by atoms with van der Waals surface area (Å²) in [6.45, 7) is 3.95. The zero-order valence-electron chi connectivity index (χ0n) is 13.8. The van der Waals surface area contributed by atoms with E-state index < -0.39 is 9.84 Å². The van der Waals surface area contributed by atoms with E-state index in [0.717, 1.165) is 18.1 Å². The van der Waals surface area contributed by atoms with E-state index in [9.17, 15) is 8.42 Å². The number of hydrogen-bond acceptors (Lipinski definition) is 3. The third kappa shape index (κ3) is 10.0. The van der Waals surface area contributed by atoms with Gasteiger partial charge in [-0.1, -0.05) is 23.7 Å². The second-order valence-corrected chi connectivity index (χ2v) is 7.90. The van der Waals surface area contributed by atoms with Crippen molar-refractivity contribution in [3.63, 3.8) is 0 Å². The molecular formula is C15H25ClIN3O2S. The van der Waals surface area contributed by atoms with Crippen LogP contribution in [0.25, 0.3) is 0 Å². The summed E-state index contributed by atoms with van der Waals surface area (Å²) in [6, 6.07) is 7.68. The third-order valence-corrected chi connectivity index (χ3v) is 4.25. The average Bonchev–Trinajstić information content (AvgIpc) is 2.43. The van der Waals surface area contributed by atoms with Crippen LogP contribution < -0.4 is 5.32 Å². The van der Waals surface area contributed by atoms with Crippen molar-refractivity contribution in [2.75, 3.05) is 32.1 Å². The van der Waals surface area contributed by atoms with E-state index in [4.69, 9.17) is 11.6 Å². The molecule has 0 aliphatic heterocycles. The predicted octanol–water partition coefficient (Wildman–Crippen LogP) is 2.79. The zero-order valence-corrected chi connectivity index (χ0v) is 17.7. The van der Waals surface area contributed by atoms with Gasteiger partial charge in [0.1, 0.15) is 9.84 Å². The molecule has 0 aromatic heterocycles. The number of guanidine groups is 1. The van der Waals surface area contributed by atoms with Crippen molar-refractivity contribution < 1.29 is 8.42 Å². The molecule has 0 saturated carbocycles.